The van der Waals surface area contributed by atoms with Crippen molar-refractivity contribution in [1.82, 2.24) is 9.88 Å². The molecule has 0 radical (unpaired) electrons. The molecule has 0 aliphatic carbocycles. The standard InChI is InChI=1S/C20H24N2O4/c23-19(17-3-10-24-13-17)22-8-4-20(5-9-22)11-18(26-15-20)14-25-12-16-1-6-21-7-2-16/h1-3,6-7,10,13,18H,4-5,8-9,11-12,14-15H2/t18-/m1/s1. The maximum atomic E-state index is 12.4. The highest BCUT2D eigenvalue weighted by atomic mass is 16.5. The summed E-state index contributed by atoms with van der Waals surface area (Å²) in [6.45, 7) is 3.52. The Morgan fingerprint density at radius 1 is 1.27 bits per heavy atom. The highest BCUT2D eigenvalue weighted by Gasteiger charge is 2.43. The Balaban J connectivity index is 1.23. The molecular weight excluding hydrogens is 332 g/mol. The summed E-state index contributed by atoms with van der Waals surface area (Å²) in [7, 11) is 0. The molecule has 2 aliphatic rings. The molecule has 4 rings (SSSR count). The first kappa shape index (κ1) is 17.2. The minimum absolute atomic E-state index is 0.0600. The summed E-state index contributed by atoms with van der Waals surface area (Å²) in [5.41, 5.74) is 1.95. The van der Waals surface area contributed by atoms with Crippen LogP contribution in [0.15, 0.2) is 47.5 Å². The number of rotatable bonds is 5. The average molecular weight is 356 g/mol. The summed E-state index contributed by atoms with van der Waals surface area (Å²) in [6.07, 6.45) is 9.73. The van der Waals surface area contributed by atoms with Gasteiger partial charge in [0.25, 0.3) is 5.91 Å². The van der Waals surface area contributed by atoms with Crippen LogP contribution in [-0.2, 0) is 16.1 Å². The van der Waals surface area contributed by atoms with Crippen LogP contribution in [0, 0.1) is 5.41 Å². The minimum atomic E-state index is 0.0600. The van der Waals surface area contributed by atoms with Crippen LogP contribution in [0.4, 0.5) is 0 Å². The van der Waals surface area contributed by atoms with Crippen molar-refractivity contribution in [2.75, 3.05) is 26.3 Å². The van der Waals surface area contributed by atoms with E-state index in [0.717, 1.165) is 44.5 Å². The van der Waals surface area contributed by atoms with Crippen LogP contribution in [0.1, 0.15) is 35.2 Å². The predicted octanol–water partition coefficient (Wildman–Crippen LogP) is 2.90. The number of hydrogen-bond acceptors (Lipinski definition) is 5. The van der Waals surface area contributed by atoms with Gasteiger partial charge in [0.1, 0.15) is 6.26 Å². The molecule has 1 atom stereocenters. The highest BCUT2D eigenvalue weighted by Crippen LogP contribution is 2.42. The minimum Gasteiger partial charge on any atom is -0.472 e. The van der Waals surface area contributed by atoms with Crippen molar-refractivity contribution in [2.24, 2.45) is 5.41 Å². The van der Waals surface area contributed by atoms with E-state index in [-0.39, 0.29) is 17.4 Å². The Kier molecular flexibility index (Phi) is 5.04. The van der Waals surface area contributed by atoms with Gasteiger partial charge in [0.15, 0.2) is 0 Å². The summed E-state index contributed by atoms with van der Waals surface area (Å²) >= 11 is 0. The topological polar surface area (TPSA) is 64.8 Å². The summed E-state index contributed by atoms with van der Waals surface area (Å²) < 4.78 is 16.8. The number of aromatic nitrogens is 1. The number of nitrogens with zero attached hydrogens (tertiary/aromatic N) is 2. The SMILES string of the molecule is O=C(c1ccoc1)N1CCC2(CC1)CO[C@@H](COCc1ccncc1)C2. The van der Waals surface area contributed by atoms with Gasteiger partial charge in [0.2, 0.25) is 0 Å². The second kappa shape index (κ2) is 7.60. The van der Waals surface area contributed by atoms with Crippen molar-refractivity contribution in [3.05, 3.63) is 54.2 Å². The molecule has 6 heteroatoms. The fourth-order valence-electron chi connectivity index (χ4n) is 3.89. The largest absolute Gasteiger partial charge is 0.472 e. The number of piperidine rings is 1. The van der Waals surface area contributed by atoms with Gasteiger partial charge in [-0.25, -0.2) is 0 Å². The summed E-state index contributed by atoms with van der Waals surface area (Å²) in [5.74, 6) is 0.0600. The maximum Gasteiger partial charge on any atom is 0.257 e. The van der Waals surface area contributed by atoms with E-state index < -0.39 is 0 Å². The van der Waals surface area contributed by atoms with Crippen molar-refractivity contribution in [3.8, 4) is 0 Å². The van der Waals surface area contributed by atoms with E-state index in [1.165, 1.54) is 6.26 Å². The third-order valence-electron chi connectivity index (χ3n) is 5.49. The van der Waals surface area contributed by atoms with E-state index in [4.69, 9.17) is 13.9 Å². The molecule has 26 heavy (non-hydrogen) atoms. The van der Waals surface area contributed by atoms with Gasteiger partial charge < -0.3 is 18.8 Å². The molecule has 0 N–H and O–H groups in total. The number of carbonyl (C=O) groups is 1. The van der Waals surface area contributed by atoms with Crippen LogP contribution < -0.4 is 0 Å². The number of hydrogen-bond donors (Lipinski definition) is 0. The quantitative estimate of drug-likeness (QED) is 0.824. The molecule has 1 spiro atoms. The molecular formula is C20H24N2O4. The lowest BCUT2D eigenvalue weighted by Crippen LogP contribution is -2.43. The Morgan fingerprint density at radius 2 is 2.08 bits per heavy atom. The Morgan fingerprint density at radius 3 is 2.81 bits per heavy atom. The van der Waals surface area contributed by atoms with Crippen molar-refractivity contribution in [2.45, 2.75) is 32.0 Å². The van der Waals surface area contributed by atoms with E-state index in [2.05, 4.69) is 4.98 Å². The molecule has 4 heterocycles. The molecule has 1 amide bonds. The first-order chi connectivity index (χ1) is 12.7. The zero-order valence-electron chi connectivity index (χ0n) is 14.8. The zero-order valence-corrected chi connectivity index (χ0v) is 14.8. The smallest absolute Gasteiger partial charge is 0.257 e. The number of pyridine rings is 1. The Hall–Kier alpha value is -2.18. The third-order valence-corrected chi connectivity index (χ3v) is 5.49. The van der Waals surface area contributed by atoms with Crippen LogP contribution in [0.25, 0.3) is 0 Å². The van der Waals surface area contributed by atoms with Gasteiger partial charge in [0, 0.05) is 25.5 Å². The first-order valence-electron chi connectivity index (χ1n) is 9.14. The Labute approximate surface area is 153 Å². The number of likely N-dealkylation sites (tertiary alicyclic amines) is 1. The van der Waals surface area contributed by atoms with Crippen LogP contribution in [0.3, 0.4) is 0 Å². The molecule has 2 saturated heterocycles. The lowest BCUT2D eigenvalue weighted by Gasteiger charge is -2.38. The Bertz CT molecular complexity index is 709. The second-order valence-corrected chi connectivity index (χ2v) is 7.31. The normalized spacial score (nSPS) is 22.0. The molecule has 0 saturated carbocycles. The van der Waals surface area contributed by atoms with Crippen molar-refractivity contribution >= 4 is 5.91 Å². The van der Waals surface area contributed by atoms with E-state index in [0.29, 0.717) is 18.8 Å². The molecule has 138 valence electrons. The monoisotopic (exact) mass is 356 g/mol. The first-order valence-corrected chi connectivity index (χ1v) is 9.14. The van der Waals surface area contributed by atoms with Gasteiger partial charge in [0.05, 0.1) is 37.8 Å². The van der Waals surface area contributed by atoms with Crippen LogP contribution in [-0.4, -0.2) is 48.2 Å². The third kappa shape index (κ3) is 3.81. The summed E-state index contributed by atoms with van der Waals surface area (Å²) in [6, 6.07) is 5.65. The van der Waals surface area contributed by atoms with Crippen molar-refractivity contribution < 1.29 is 18.7 Å². The van der Waals surface area contributed by atoms with Gasteiger partial charge in [-0.2, -0.15) is 0 Å². The van der Waals surface area contributed by atoms with Crippen LogP contribution >= 0.6 is 0 Å². The number of furan rings is 1. The highest BCUT2D eigenvalue weighted by molar-refractivity contribution is 5.93. The van der Waals surface area contributed by atoms with Gasteiger partial charge in [-0.3, -0.25) is 9.78 Å². The summed E-state index contributed by atoms with van der Waals surface area (Å²) in [5, 5.41) is 0. The lowest BCUT2D eigenvalue weighted by molar-refractivity contribution is 0.00654. The summed E-state index contributed by atoms with van der Waals surface area (Å²) in [4.78, 5) is 18.3. The van der Waals surface area contributed by atoms with E-state index >= 15 is 0 Å². The molecule has 0 bridgehead atoms. The molecule has 6 nitrogen and oxygen atoms in total. The fourth-order valence-corrected chi connectivity index (χ4v) is 3.89. The molecule has 2 aliphatic heterocycles. The molecule has 2 fully saturated rings. The maximum absolute atomic E-state index is 12.4. The molecule has 0 aromatic carbocycles. The molecule has 0 unspecified atom stereocenters. The van der Waals surface area contributed by atoms with Gasteiger partial charge in [-0.15, -0.1) is 0 Å². The fraction of sp³-hybridized carbons (Fsp3) is 0.500. The molecule has 2 aromatic rings. The van der Waals surface area contributed by atoms with Gasteiger partial charge in [-0.05, 0) is 48.4 Å². The van der Waals surface area contributed by atoms with Crippen LogP contribution in [0.2, 0.25) is 0 Å². The van der Waals surface area contributed by atoms with E-state index in [9.17, 15) is 4.79 Å². The second-order valence-electron chi connectivity index (χ2n) is 7.31. The van der Waals surface area contributed by atoms with E-state index in [1.54, 1.807) is 24.7 Å². The van der Waals surface area contributed by atoms with Crippen molar-refractivity contribution in [1.29, 1.82) is 0 Å². The lowest BCUT2D eigenvalue weighted by atomic mass is 9.76. The number of ether oxygens (including phenoxy) is 2. The van der Waals surface area contributed by atoms with Gasteiger partial charge >= 0.3 is 0 Å². The van der Waals surface area contributed by atoms with Gasteiger partial charge in [-0.1, -0.05) is 0 Å². The number of amides is 1. The molecule has 2 aromatic heterocycles. The predicted molar refractivity (Wildman–Crippen MR) is 94.5 cm³/mol. The zero-order chi connectivity index (χ0) is 17.8. The van der Waals surface area contributed by atoms with E-state index in [1.807, 2.05) is 17.0 Å². The van der Waals surface area contributed by atoms with Crippen molar-refractivity contribution in [3.63, 3.8) is 0 Å². The average Bonchev–Trinajstić information content (AvgIpc) is 3.34. The van der Waals surface area contributed by atoms with Crippen LogP contribution in [0.5, 0.6) is 0 Å². The number of carbonyl (C=O) groups excluding carboxylic acids is 1.